The van der Waals surface area contributed by atoms with Crippen LogP contribution < -0.4 is 0 Å². The quantitative estimate of drug-likeness (QED) is 0.709. The standard InChI is InChI=1S/C15H17BrClFN2/c16-11-7-13-14(8-12(11)18)20(15(19-13)5-6-17)9-10-3-1-2-4-10/h7-8,10H,1-6,9H2. The highest BCUT2D eigenvalue weighted by atomic mass is 79.9. The second-order valence-electron chi connectivity index (χ2n) is 5.48. The molecule has 0 saturated heterocycles. The summed E-state index contributed by atoms with van der Waals surface area (Å²) in [6.45, 7) is 0.934. The van der Waals surface area contributed by atoms with E-state index in [1.165, 1.54) is 25.7 Å². The van der Waals surface area contributed by atoms with E-state index in [4.69, 9.17) is 11.6 Å². The van der Waals surface area contributed by atoms with Crippen LogP contribution in [-0.2, 0) is 13.0 Å². The van der Waals surface area contributed by atoms with Crippen molar-refractivity contribution in [2.75, 3.05) is 5.88 Å². The van der Waals surface area contributed by atoms with Crippen LogP contribution in [0.4, 0.5) is 4.39 Å². The zero-order valence-electron chi connectivity index (χ0n) is 11.2. The average Bonchev–Trinajstić information content (AvgIpc) is 3.02. The van der Waals surface area contributed by atoms with E-state index in [9.17, 15) is 4.39 Å². The van der Waals surface area contributed by atoms with Crippen LogP contribution in [-0.4, -0.2) is 15.4 Å². The molecule has 0 unspecified atom stereocenters. The number of hydrogen-bond donors (Lipinski definition) is 0. The molecule has 1 aromatic heterocycles. The first-order chi connectivity index (χ1) is 9.69. The summed E-state index contributed by atoms with van der Waals surface area (Å²) in [7, 11) is 0. The van der Waals surface area contributed by atoms with Crippen LogP contribution >= 0.6 is 27.5 Å². The van der Waals surface area contributed by atoms with Crippen molar-refractivity contribution in [2.45, 2.75) is 38.6 Å². The van der Waals surface area contributed by atoms with Crippen molar-refractivity contribution >= 4 is 38.6 Å². The molecular formula is C15H17BrClFN2. The second-order valence-corrected chi connectivity index (χ2v) is 6.72. The highest BCUT2D eigenvalue weighted by Crippen LogP contribution is 2.30. The van der Waals surface area contributed by atoms with Gasteiger partial charge in [0.25, 0.3) is 0 Å². The Hall–Kier alpha value is -0.610. The minimum absolute atomic E-state index is 0.234. The molecule has 1 fully saturated rings. The minimum atomic E-state index is -0.234. The zero-order chi connectivity index (χ0) is 14.1. The molecular weight excluding hydrogens is 343 g/mol. The molecule has 0 radical (unpaired) electrons. The predicted octanol–water partition coefficient (Wildman–Crippen LogP) is 4.91. The van der Waals surface area contributed by atoms with Crippen LogP contribution in [0, 0.1) is 11.7 Å². The Bertz CT molecular complexity index is 620. The van der Waals surface area contributed by atoms with Crippen LogP contribution in [0.15, 0.2) is 16.6 Å². The molecule has 0 amide bonds. The van der Waals surface area contributed by atoms with E-state index in [0.29, 0.717) is 16.3 Å². The van der Waals surface area contributed by atoms with E-state index in [0.717, 1.165) is 29.8 Å². The van der Waals surface area contributed by atoms with E-state index < -0.39 is 0 Å². The lowest BCUT2D eigenvalue weighted by atomic mass is 10.1. The smallest absolute Gasteiger partial charge is 0.139 e. The number of benzene rings is 1. The van der Waals surface area contributed by atoms with Crippen molar-refractivity contribution in [1.82, 2.24) is 9.55 Å². The van der Waals surface area contributed by atoms with Gasteiger partial charge in [0.2, 0.25) is 0 Å². The van der Waals surface area contributed by atoms with E-state index in [-0.39, 0.29) is 5.82 Å². The van der Waals surface area contributed by atoms with Gasteiger partial charge >= 0.3 is 0 Å². The van der Waals surface area contributed by atoms with Crippen molar-refractivity contribution < 1.29 is 4.39 Å². The molecule has 2 nitrogen and oxygen atoms in total. The first-order valence-electron chi connectivity index (χ1n) is 7.09. The number of rotatable bonds is 4. The Labute approximate surface area is 131 Å². The number of aryl methyl sites for hydroxylation is 1. The Morgan fingerprint density at radius 3 is 2.80 bits per heavy atom. The third-order valence-corrected chi connectivity index (χ3v) is 4.90. The Morgan fingerprint density at radius 1 is 1.35 bits per heavy atom. The van der Waals surface area contributed by atoms with Gasteiger partial charge in [-0.15, -0.1) is 11.6 Å². The lowest BCUT2D eigenvalue weighted by Crippen LogP contribution is -2.11. The van der Waals surface area contributed by atoms with Gasteiger partial charge in [0.1, 0.15) is 11.6 Å². The van der Waals surface area contributed by atoms with Gasteiger partial charge in [0, 0.05) is 24.9 Å². The van der Waals surface area contributed by atoms with Crippen LogP contribution in [0.2, 0.25) is 0 Å². The summed E-state index contributed by atoms with van der Waals surface area (Å²) in [4.78, 5) is 4.63. The molecule has 1 aliphatic rings. The fraction of sp³-hybridized carbons (Fsp3) is 0.533. The number of hydrogen-bond acceptors (Lipinski definition) is 1. The van der Waals surface area contributed by atoms with E-state index >= 15 is 0 Å². The molecule has 0 bridgehead atoms. The zero-order valence-corrected chi connectivity index (χ0v) is 13.6. The number of halogens is 3. The van der Waals surface area contributed by atoms with Gasteiger partial charge in [-0.1, -0.05) is 12.8 Å². The monoisotopic (exact) mass is 358 g/mol. The van der Waals surface area contributed by atoms with Crippen LogP contribution in [0.3, 0.4) is 0 Å². The fourth-order valence-corrected chi connectivity index (χ4v) is 3.60. The van der Waals surface area contributed by atoms with Crippen molar-refractivity contribution in [3.63, 3.8) is 0 Å². The lowest BCUT2D eigenvalue weighted by Gasteiger charge is -2.14. The van der Waals surface area contributed by atoms with Gasteiger partial charge in [-0.2, -0.15) is 0 Å². The molecule has 1 aliphatic carbocycles. The summed E-state index contributed by atoms with van der Waals surface area (Å²) in [5.41, 5.74) is 1.73. The number of nitrogens with zero attached hydrogens (tertiary/aromatic N) is 2. The molecule has 1 aromatic carbocycles. The third-order valence-electron chi connectivity index (χ3n) is 4.10. The maximum atomic E-state index is 13.8. The Morgan fingerprint density at radius 2 is 2.10 bits per heavy atom. The maximum absolute atomic E-state index is 13.8. The number of fused-ring (bicyclic) bond motifs is 1. The van der Waals surface area contributed by atoms with Crippen LogP contribution in [0.5, 0.6) is 0 Å². The summed E-state index contributed by atoms with van der Waals surface area (Å²) < 4.78 is 16.5. The van der Waals surface area contributed by atoms with Crippen molar-refractivity contribution in [3.8, 4) is 0 Å². The largest absolute Gasteiger partial charge is 0.328 e. The molecule has 108 valence electrons. The minimum Gasteiger partial charge on any atom is -0.328 e. The van der Waals surface area contributed by atoms with Gasteiger partial charge in [-0.25, -0.2) is 9.37 Å². The van der Waals surface area contributed by atoms with E-state index in [1.807, 2.05) is 0 Å². The summed E-state index contributed by atoms with van der Waals surface area (Å²) in [6.07, 6.45) is 5.87. The average molecular weight is 360 g/mol. The molecule has 2 aromatic rings. The first kappa shape index (κ1) is 14.3. The molecule has 0 atom stereocenters. The fourth-order valence-electron chi connectivity index (χ4n) is 3.10. The highest BCUT2D eigenvalue weighted by molar-refractivity contribution is 9.10. The molecule has 3 rings (SSSR count). The molecule has 0 N–H and O–H groups in total. The highest BCUT2D eigenvalue weighted by Gasteiger charge is 2.19. The molecule has 1 saturated carbocycles. The van der Waals surface area contributed by atoms with Gasteiger partial charge < -0.3 is 4.57 Å². The van der Waals surface area contributed by atoms with Gasteiger partial charge in [-0.3, -0.25) is 0 Å². The third kappa shape index (κ3) is 2.73. The van der Waals surface area contributed by atoms with Crippen molar-refractivity contribution in [2.24, 2.45) is 5.92 Å². The van der Waals surface area contributed by atoms with E-state index in [1.54, 1.807) is 12.1 Å². The maximum Gasteiger partial charge on any atom is 0.139 e. The van der Waals surface area contributed by atoms with Crippen molar-refractivity contribution in [1.29, 1.82) is 0 Å². The van der Waals surface area contributed by atoms with Gasteiger partial charge in [0.05, 0.1) is 15.5 Å². The predicted molar refractivity (Wildman–Crippen MR) is 83.8 cm³/mol. The molecule has 0 aliphatic heterocycles. The molecule has 20 heavy (non-hydrogen) atoms. The second kappa shape index (κ2) is 6.02. The number of aromatic nitrogens is 2. The molecule has 5 heteroatoms. The Kier molecular flexibility index (Phi) is 4.32. The summed E-state index contributed by atoms with van der Waals surface area (Å²) in [5, 5.41) is 0. The SMILES string of the molecule is Fc1cc2c(cc1Br)nc(CCCl)n2CC1CCCC1. The normalized spacial score (nSPS) is 16.4. The topological polar surface area (TPSA) is 17.8 Å². The molecule has 0 spiro atoms. The molecule has 1 heterocycles. The summed E-state index contributed by atoms with van der Waals surface area (Å²) >= 11 is 9.11. The lowest BCUT2D eigenvalue weighted by molar-refractivity contribution is 0.455. The summed E-state index contributed by atoms with van der Waals surface area (Å²) in [6, 6.07) is 3.34. The number of imidazole rings is 1. The van der Waals surface area contributed by atoms with Gasteiger partial charge in [0.15, 0.2) is 0 Å². The first-order valence-corrected chi connectivity index (χ1v) is 8.42. The van der Waals surface area contributed by atoms with E-state index in [2.05, 4.69) is 25.5 Å². The van der Waals surface area contributed by atoms with Crippen molar-refractivity contribution in [3.05, 3.63) is 28.2 Å². The van der Waals surface area contributed by atoms with Gasteiger partial charge in [-0.05, 0) is 40.8 Å². The number of alkyl halides is 1. The Balaban J connectivity index is 2.04. The summed E-state index contributed by atoms with van der Waals surface area (Å²) in [5.74, 6) is 1.97. The van der Waals surface area contributed by atoms with Crippen LogP contribution in [0.25, 0.3) is 11.0 Å². The van der Waals surface area contributed by atoms with Crippen LogP contribution in [0.1, 0.15) is 31.5 Å².